The lowest BCUT2D eigenvalue weighted by Gasteiger charge is -2.21. The monoisotopic (exact) mass is 399 g/mol. The molecule has 0 spiro atoms. The number of sulfonamides is 1. The van der Waals surface area contributed by atoms with Gasteiger partial charge in [-0.2, -0.15) is 4.72 Å². The van der Waals surface area contributed by atoms with Gasteiger partial charge >= 0.3 is 12.0 Å². The summed E-state index contributed by atoms with van der Waals surface area (Å²) < 4.78 is 31.1. The third-order valence-corrected chi connectivity index (χ3v) is 4.56. The molecule has 0 aliphatic heterocycles. The molecule has 1 aromatic rings. The Kier molecular flexibility index (Phi) is 7.49. The standard InChI is InChI=1S/C17H25N3O6S/c1-11-6-8-13(9-7-11)27(24,25)18-10-14(21)26-12(2)15(22)19-16(23)20-17(3,4)5/h6-9,12,18H,10H2,1-5H3,(H2,19,20,22,23)/t12-/m1/s1. The summed E-state index contributed by atoms with van der Waals surface area (Å²) in [5.41, 5.74) is 0.349. The Hall–Kier alpha value is -2.46. The largest absolute Gasteiger partial charge is 0.452 e. The average Bonchev–Trinajstić information content (AvgIpc) is 2.51. The Bertz CT molecular complexity index is 797. The van der Waals surface area contributed by atoms with Gasteiger partial charge in [-0.25, -0.2) is 13.2 Å². The number of ether oxygens (including phenoxy) is 1. The van der Waals surface area contributed by atoms with E-state index in [4.69, 9.17) is 4.74 Å². The van der Waals surface area contributed by atoms with E-state index in [0.29, 0.717) is 0 Å². The zero-order valence-electron chi connectivity index (χ0n) is 16.0. The zero-order valence-corrected chi connectivity index (χ0v) is 16.8. The summed E-state index contributed by atoms with van der Waals surface area (Å²) in [6.45, 7) is 7.64. The number of hydrogen-bond donors (Lipinski definition) is 3. The van der Waals surface area contributed by atoms with Crippen LogP contribution in [0.4, 0.5) is 4.79 Å². The highest BCUT2D eigenvalue weighted by Gasteiger charge is 2.23. The fraction of sp³-hybridized carbons (Fsp3) is 0.471. The van der Waals surface area contributed by atoms with Crippen LogP contribution in [-0.4, -0.2) is 44.5 Å². The van der Waals surface area contributed by atoms with Gasteiger partial charge in [0.25, 0.3) is 5.91 Å². The summed E-state index contributed by atoms with van der Waals surface area (Å²) in [7, 11) is -3.88. The Labute approximate surface area is 158 Å². The predicted octanol–water partition coefficient (Wildman–Crippen LogP) is 0.829. The van der Waals surface area contributed by atoms with Gasteiger partial charge in [0.15, 0.2) is 6.10 Å². The van der Waals surface area contributed by atoms with E-state index in [0.717, 1.165) is 5.56 Å². The molecule has 3 N–H and O–H groups in total. The molecule has 3 amide bonds. The van der Waals surface area contributed by atoms with E-state index in [1.54, 1.807) is 32.9 Å². The third kappa shape index (κ3) is 8.18. The van der Waals surface area contributed by atoms with Gasteiger partial charge in [-0.1, -0.05) is 17.7 Å². The Morgan fingerprint density at radius 2 is 1.67 bits per heavy atom. The molecular weight excluding hydrogens is 374 g/mol. The molecule has 0 aromatic heterocycles. The lowest BCUT2D eigenvalue weighted by Crippen LogP contribution is -2.50. The number of hydrogen-bond acceptors (Lipinski definition) is 6. The van der Waals surface area contributed by atoms with Crippen molar-refractivity contribution in [2.75, 3.05) is 6.54 Å². The SMILES string of the molecule is Cc1ccc(S(=O)(=O)NCC(=O)O[C@H](C)C(=O)NC(=O)NC(C)(C)C)cc1. The third-order valence-electron chi connectivity index (χ3n) is 3.14. The van der Waals surface area contributed by atoms with Crippen molar-refractivity contribution in [2.45, 2.75) is 51.2 Å². The topological polar surface area (TPSA) is 131 Å². The van der Waals surface area contributed by atoms with Crippen LogP contribution in [0.2, 0.25) is 0 Å². The summed E-state index contributed by atoms with van der Waals surface area (Å²) in [5, 5.41) is 4.56. The molecule has 9 nitrogen and oxygen atoms in total. The molecule has 0 aliphatic carbocycles. The maximum Gasteiger partial charge on any atom is 0.321 e. The molecule has 10 heteroatoms. The highest BCUT2D eigenvalue weighted by atomic mass is 32.2. The highest BCUT2D eigenvalue weighted by molar-refractivity contribution is 7.89. The summed E-state index contributed by atoms with van der Waals surface area (Å²) in [6.07, 6.45) is -1.27. The van der Waals surface area contributed by atoms with Gasteiger partial charge in [0.05, 0.1) is 4.90 Å². The number of carbonyl (C=O) groups excluding carboxylic acids is 3. The smallest absolute Gasteiger partial charge is 0.321 e. The maximum absolute atomic E-state index is 12.1. The van der Waals surface area contributed by atoms with Crippen molar-refractivity contribution in [1.82, 2.24) is 15.4 Å². The molecule has 1 rings (SSSR count). The molecule has 0 aliphatic rings. The Morgan fingerprint density at radius 1 is 1.11 bits per heavy atom. The van der Waals surface area contributed by atoms with E-state index in [-0.39, 0.29) is 4.90 Å². The van der Waals surface area contributed by atoms with E-state index in [2.05, 4.69) is 10.0 Å². The van der Waals surface area contributed by atoms with Crippen molar-refractivity contribution >= 4 is 27.9 Å². The van der Waals surface area contributed by atoms with Gasteiger partial charge in [0.1, 0.15) is 6.54 Å². The predicted molar refractivity (Wildman–Crippen MR) is 98.3 cm³/mol. The van der Waals surface area contributed by atoms with E-state index >= 15 is 0 Å². The van der Waals surface area contributed by atoms with Gasteiger partial charge in [-0.3, -0.25) is 14.9 Å². The van der Waals surface area contributed by atoms with Gasteiger partial charge in [0, 0.05) is 5.54 Å². The first kappa shape index (κ1) is 22.6. The summed E-state index contributed by atoms with van der Waals surface area (Å²) in [4.78, 5) is 35.2. The first-order chi connectivity index (χ1) is 12.3. The molecular formula is C17H25N3O6S. The molecule has 1 atom stereocenters. The van der Waals surface area contributed by atoms with Crippen molar-refractivity contribution < 1.29 is 27.5 Å². The molecule has 0 bridgehead atoms. The number of urea groups is 1. The number of esters is 1. The minimum Gasteiger partial charge on any atom is -0.452 e. The van der Waals surface area contributed by atoms with E-state index < -0.39 is 46.1 Å². The molecule has 0 heterocycles. The maximum atomic E-state index is 12.1. The number of benzene rings is 1. The van der Waals surface area contributed by atoms with Gasteiger partial charge in [-0.15, -0.1) is 0 Å². The minimum absolute atomic E-state index is 0.00513. The second-order valence-electron chi connectivity index (χ2n) is 6.96. The van der Waals surface area contributed by atoms with Crippen LogP contribution in [0, 0.1) is 6.92 Å². The minimum atomic E-state index is -3.88. The summed E-state index contributed by atoms with van der Waals surface area (Å²) in [6, 6.07) is 5.35. The van der Waals surface area contributed by atoms with Gasteiger partial charge in [0.2, 0.25) is 10.0 Å². The van der Waals surface area contributed by atoms with E-state index in [1.807, 2.05) is 12.2 Å². The number of nitrogens with one attached hydrogen (secondary N) is 3. The van der Waals surface area contributed by atoms with E-state index in [9.17, 15) is 22.8 Å². The van der Waals surface area contributed by atoms with Crippen LogP contribution in [-0.2, 0) is 24.3 Å². The van der Waals surface area contributed by atoms with Crippen molar-refractivity contribution in [2.24, 2.45) is 0 Å². The van der Waals surface area contributed by atoms with Crippen LogP contribution < -0.4 is 15.4 Å². The van der Waals surface area contributed by atoms with Crippen molar-refractivity contribution in [3.05, 3.63) is 29.8 Å². The van der Waals surface area contributed by atoms with Crippen LogP contribution >= 0.6 is 0 Å². The number of amides is 3. The van der Waals surface area contributed by atoms with Crippen LogP contribution in [0.3, 0.4) is 0 Å². The zero-order chi connectivity index (χ0) is 20.8. The molecule has 150 valence electrons. The van der Waals surface area contributed by atoms with Gasteiger partial charge < -0.3 is 10.1 Å². The molecule has 0 fully saturated rings. The van der Waals surface area contributed by atoms with Gasteiger partial charge in [-0.05, 0) is 46.8 Å². The molecule has 27 heavy (non-hydrogen) atoms. The van der Waals surface area contributed by atoms with Crippen LogP contribution in [0.5, 0.6) is 0 Å². The molecule has 0 radical (unpaired) electrons. The van der Waals surface area contributed by atoms with Crippen LogP contribution in [0.1, 0.15) is 33.3 Å². The fourth-order valence-electron chi connectivity index (χ4n) is 1.83. The normalized spacial score (nSPS) is 12.8. The Morgan fingerprint density at radius 3 is 2.19 bits per heavy atom. The first-order valence-electron chi connectivity index (χ1n) is 8.19. The molecule has 0 unspecified atom stereocenters. The second kappa shape index (κ2) is 8.96. The van der Waals surface area contributed by atoms with Crippen molar-refractivity contribution in [1.29, 1.82) is 0 Å². The highest BCUT2D eigenvalue weighted by Crippen LogP contribution is 2.09. The number of carbonyl (C=O) groups is 3. The lowest BCUT2D eigenvalue weighted by molar-refractivity contribution is -0.153. The second-order valence-corrected chi connectivity index (χ2v) is 8.73. The summed E-state index contributed by atoms with van der Waals surface area (Å²) in [5.74, 6) is -1.78. The van der Waals surface area contributed by atoms with Crippen LogP contribution in [0.15, 0.2) is 29.2 Å². The Balaban J connectivity index is 2.52. The molecule has 0 saturated carbocycles. The number of aryl methyl sites for hydroxylation is 1. The number of imide groups is 1. The quantitative estimate of drug-likeness (QED) is 0.607. The first-order valence-corrected chi connectivity index (χ1v) is 9.67. The average molecular weight is 399 g/mol. The van der Waals surface area contributed by atoms with Crippen molar-refractivity contribution in [3.8, 4) is 0 Å². The molecule has 1 aromatic carbocycles. The van der Waals surface area contributed by atoms with Crippen molar-refractivity contribution in [3.63, 3.8) is 0 Å². The number of rotatable bonds is 6. The molecule has 0 saturated heterocycles. The lowest BCUT2D eigenvalue weighted by atomic mass is 10.1. The van der Waals surface area contributed by atoms with Crippen LogP contribution in [0.25, 0.3) is 0 Å². The van der Waals surface area contributed by atoms with E-state index in [1.165, 1.54) is 19.1 Å². The fourth-order valence-corrected chi connectivity index (χ4v) is 2.80. The summed E-state index contributed by atoms with van der Waals surface area (Å²) >= 11 is 0.